The molecule has 0 aliphatic heterocycles. The standard InChI is InChI=1S/C11H11ClN2O/c1-8(15)14(2)7-9-3-4-10(6-13)11(12)5-9/h3-5H,7H2,1-2H3. The molecule has 0 aliphatic carbocycles. The van der Waals surface area contributed by atoms with E-state index in [9.17, 15) is 4.79 Å². The molecule has 0 aromatic heterocycles. The average molecular weight is 223 g/mol. The van der Waals surface area contributed by atoms with E-state index in [1.165, 1.54) is 6.92 Å². The van der Waals surface area contributed by atoms with E-state index in [0.717, 1.165) is 5.56 Å². The molecule has 15 heavy (non-hydrogen) atoms. The fourth-order valence-electron chi connectivity index (χ4n) is 1.13. The third-order valence-corrected chi connectivity index (χ3v) is 2.42. The normalized spacial score (nSPS) is 9.47. The minimum absolute atomic E-state index is 0.00418. The molecule has 3 nitrogen and oxygen atoms in total. The fraction of sp³-hybridized carbons (Fsp3) is 0.273. The summed E-state index contributed by atoms with van der Waals surface area (Å²) in [5.74, 6) is -0.00418. The number of nitrogens with zero attached hydrogens (tertiary/aromatic N) is 2. The van der Waals surface area contributed by atoms with Crippen LogP contribution in [0.5, 0.6) is 0 Å². The van der Waals surface area contributed by atoms with E-state index in [-0.39, 0.29) is 5.91 Å². The molecule has 0 unspecified atom stereocenters. The van der Waals surface area contributed by atoms with Crippen molar-refractivity contribution in [3.8, 4) is 6.07 Å². The average Bonchev–Trinajstić information content (AvgIpc) is 2.18. The summed E-state index contributed by atoms with van der Waals surface area (Å²) in [5.41, 5.74) is 1.36. The predicted molar refractivity (Wildman–Crippen MR) is 58.3 cm³/mol. The number of rotatable bonds is 2. The summed E-state index contributed by atoms with van der Waals surface area (Å²) in [6, 6.07) is 7.15. The summed E-state index contributed by atoms with van der Waals surface area (Å²) in [6.45, 7) is 2.01. The van der Waals surface area contributed by atoms with Gasteiger partial charge in [-0.2, -0.15) is 5.26 Å². The Morgan fingerprint density at radius 3 is 2.73 bits per heavy atom. The maximum absolute atomic E-state index is 11.0. The third kappa shape index (κ3) is 2.97. The smallest absolute Gasteiger partial charge is 0.219 e. The highest BCUT2D eigenvalue weighted by Crippen LogP contribution is 2.17. The SMILES string of the molecule is CC(=O)N(C)Cc1ccc(C#N)c(Cl)c1. The van der Waals surface area contributed by atoms with Crippen molar-refractivity contribution >= 4 is 17.5 Å². The Morgan fingerprint density at radius 2 is 2.27 bits per heavy atom. The molecule has 0 radical (unpaired) electrons. The first-order valence-electron chi connectivity index (χ1n) is 4.45. The molecule has 4 heteroatoms. The Hall–Kier alpha value is -1.53. The summed E-state index contributed by atoms with van der Waals surface area (Å²) in [5, 5.41) is 9.10. The second-order valence-electron chi connectivity index (χ2n) is 3.30. The van der Waals surface area contributed by atoms with E-state index in [1.54, 1.807) is 30.1 Å². The third-order valence-electron chi connectivity index (χ3n) is 2.11. The molecule has 0 atom stereocenters. The zero-order valence-electron chi connectivity index (χ0n) is 8.62. The van der Waals surface area contributed by atoms with E-state index in [2.05, 4.69) is 0 Å². The van der Waals surface area contributed by atoms with E-state index >= 15 is 0 Å². The van der Waals surface area contributed by atoms with Gasteiger partial charge in [-0.3, -0.25) is 4.79 Å². The van der Waals surface area contributed by atoms with Crippen LogP contribution in [0.25, 0.3) is 0 Å². The molecule has 1 aromatic carbocycles. The minimum Gasteiger partial charge on any atom is -0.342 e. The van der Waals surface area contributed by atoms with Crippen LogP contribution in [0.15, 0.2) is 18.2 Å². The molecule has 0 saturated carbocycles. The maximum Gasteiger partial charge on any atom is 0.219 e. The molecule has 0 fully saturated rings. The Morgan fingerprint density at radius 1 is 1.60 bits per heavy atom. The fourth-order valence-corrected chi connectivity index (χ4v) is 1.38. The van der Waals surface area contributed by atoms with Crippen LogP contribution in [0.4, 0.5) is 0 Å². The lowest BCUT2D eigenvalue weighted by atomic mass is 10.1. The molecule has 0 N–H and O–H groups in total. The number of amides is 1. The topological polar surface area (TPSA) is 44.1 Å². The number of hydrogen-bond donors (Lipinski definition) is 0. The zero-order valence-corrected chi connectivity index (χ0v) is 9.38. The van der Waals surface area contributed by atoms with Gasteiger partial charge in [-0.05, 0) is 17.7 Å². The lowest BCUT2D eigenvalue weighted by Crippen LogP contribution is -2.22. The highest BCUT2D eigenvalue weighted by atomic mass is 35.5. The molecule has 0 bridgehead atoms. The number of hydrogen-bond acceptors (Lipinski definition) is 2. The predicted octanol–water partition coefficient (Wildman–Crippen LogP) is 2.19. The van der Waals surface area contributed by atoms with Gasteiger partial charge in [-0.15, -0.1) is 0 Å². The van der Waals surface area contributed by atoms with Gasteiger partial charge in [0.05, 0.1) is 10.6 Å². The number of carbonyl (C=O) groups is 1. The van der Waals surface area contributed by atoms with Crippen LogP contribution in [0.3, 0.4) is 0 Å². The van der Waals surface area contributed by atoms with Crippen LogP contribution >= 0.6 is 11.6 Å². The highest BCUT2D eigenvalue weighted by molar-refractivity contribution is 6.31. The van der Waals surface area contributed by atoms with Crippen LogP contribution in [0.1, 0.15) is 18.1 Å². The van der Waals surface area contributed by atoms with Gasteiger partial charge >= 0.3 is 0 Å². The number of benzene rings is 1. The van der Waals surface area contributed by atoms with Crippen LogP contribution in [0.2, 0.25) is 5.02 Å². The van der Waals surface area contributed by atoms with Gasteiger partial charge in [0.2, 0.25) is 5.91 Å². The quantitative estimate of drug-likeness (QED) is 0.770. The van der Waals surface area contributed by atoms with E-state index in [4.69, 9.17) is 16.9 Å². The van der Waals surface area contributed by atoms with Crippen LogP contribution < -0.4 is 0 Å². The van der Waals surface area contributed by atoms with Crippen LogP contribution in [0, 0.1) is 11.3 Å². The summed E-state index contributed by atoms with van der Waals surface area (Å²) in [6.07, 6.45) is 0. The first kappa shape index (κ1) is 11.5. The molecule has 1 amide bonds. The molecule has 78 valence electrons. The van der Waals surface area contributed by atoms with Crippen molar-refractivity contribution in [3.05, 3.63) is 34.3 Å². The minimum atomic E-state index is -0.00418. The Bertz CT molecular complexity index is 423. The zero-order chi connectivity index (χ0) is 11.4. The number of nitriles is 1. The van der Waals surface area contributed by atoms with Crippen molar-refractivity contribution in [2.75, 3.05) is 7.05 Å². The van der Waals surface area contributed by atoms with Gasteiger partial charge in [-0.25, -0.2) is 0 Å². The van der Waals surface area contributed by atoms with Crippen molar-refractivity contribution in [2.24, 2.45) is 0 Å². The molecule has 1 rings (SSSR count). The summed E-state index contributed by atoms with van der Waals surface area (Å²) in [4.78, 5) is 12.6. The van der Waals surface area contributed by atoms with Crippen LogP contribution in [-0.2, 0) is 11.3 Å². The lowest BCUT2D eigenvalue weighted by molar-refractivity contribution is -0.128. The van der Waals surface area contributed by atoms with E-state index < -0.39 is 0 Å². The van der Waals surface area contributed by atoms with Crippen molar-refractivity contribution in [2.45, 2.75) is 13.5 Å². The molecule has 0 heterocycles. The monoisotopic (exact) mass is 222 g/mol. The van der Waals surface area contributed by atoms with Gasteiger partial charge < -0.3 is 4.90 Å². The number of carbonyl (C=O) groups excluding carboxylic acids is 1. The molecular weight excluding hydrogens is 212 g/mol. The Balaban J connectivity index is 2.85. The van der Waals surface area contributed by atoms with E-state index in [0.29, 0.717) is 17.1 Å². The highest BCUT2D eigenvalue weighted by Gasteiger charge is 2.05. The van der Waals surface area contributed by atoms with Gasteiger partial charge in [-0.1, -0.05) is 17.7 Å². The molecule has 1 aromatic rings. The Kier molecular flexibility index (Phi) is 3.70. The van der Waals surface area contributed by atoms with Gasteiger partial charge in [0.15, 0.2) is 0 Å². The van der Waals surface area contributed by atoms with E-state index in [1.807, 2.05) is 6.07 Å². The number of halogens is 1. The lowest BCUT2D eigenvalue weighted by Gasteiger charge is -2.14. The van der Waals surface area contributed by atoms with Crippen molar-refractivity contribution < 1.29 is 4.79 Å². The first-order chi connectivity index (χ1) is 7.04. The van der Waals surface area contributed by atoms with Crippen LogP contribution in [-0.4, -0.2) is 17.9 Å². The Labute approximate surface area is 93.9 Å². The van der Waals surface area contributed by atoms with Gasteiger partial charge in [0.1, 0.15) is 6.07 Å². The summed E-state index contributed by atoms with van der Waals surface area (Å²) < 4.78 is 0. The second-order valence-corrected chi connectivity index (χ2v) is 3.71. The molecular formula is C11H11ClN2O. The van der Waals surface area contributed by atoms with Gasteiger partial charge in [0, 0.05) is 20.5 Å². The molecule has 0 spiro atoms. The first-order valence-corrected chi connectivity index (χ1v) is 4.82. The van der Waals surface area contributed by atoms with Gasteiger partial charge in [0.25, 0.3) is 0 Å². The van der Waals surface area contributed by atoms with Crippen molar-refractivity contribution in [1.82, 2.24) is 4.90 Å². The van der Waals surface area contributed by atoms with Crippen molar-refractivity contribution in [3.63, 3.8) is 0 Å². The largest absolute Gasteiger partial charge is 0.342 e. The van der Waals surface area contributed by atoms with Crippen molar-refractivity contribution in [1.29, 1.82) is 5.26 Å². The maximum atomic E-state index is 11.0. The molecule has 0 saturated heterocycles. The second kappa shape index (κ2) is 4.81. The summed E-state index contributed by atoms with van der Waals surface area (Å²) in [7, 11) is 1.72. The molecule has 0 aliphatic rings. The summed E-state index contributed by atoms with van der Waals surface area (Å²) >= 11 is 5.87.